The van der Waals surface area contributed by atoms with Gasteiger partial charge < -0.3 is 5.32 Å². The molecule has 1 heterocycles. The van der Waals surface area contributed by atoms with Crippen LogP contribution in [-0.2, 0) is 6.54 Å². The van der Waals surface area contributed by atoms with Gasteiger partial charge in [0.25, 0.3) is 5.91 Å². The molecule has 21 heavy (non-hydrogen) atoms. The Morgan fingerprint density at radius 2 is 1.95 bits per heavy atom. The number of nitrogens with one attached hydrogen (secondary N) is 1. The summed E-state index contributed by atoms with van der Waals surface area (Å²) in [5, 5.41) is 3.90. The third-order valence-corrected chi connectivity index (χ3v) is 3.39. The summed E-state index contributed by atoms with van der Waals surface area (Å²) in [7, 11) is 0. The summed E-state index contributed by atoms with van der Waals surface area (Å²) in [6.45, 7) is 2.56. The van der Waals surface area contributed by atoms with Crippen molar-refractivity contribution < 1.29 is 4.79 Å². The van der Waals surface area contributed by atoms with Crippen LogP contribution in [0.3, 0.4) is 0 Å². The second-order valence-corrected chi connectivity index (χ2v) is 5.09. The van der Waals surface area contributed by atoms with Crippen LogP contribution in [-0.4, -0.2) is 10.9 Å². The zero-order valence-corrected chi connectivity index (χ0v) is 11.8. The van der Waals surface area contributed by atoms with Gasteiger partial charge in [0, 0.05) is 18.1 Å². The number of hydrogen-bond acceptors (Lipinski definition) is 2. The van der Waals surface area contributed by atoms with Crippen molar-refractivity contribution in [1.29, 1.82) is 0 Å². The molecule has 0 aliphatic rings. The largest absolute Gasteiger partial charge is 0.348 e. The molecule has 1 N–H and O–H groups in total. The van der Waals surface area contributed by atoms with E-state index in [0.29, 0.717) is 12.1 Å². The summed E-state index contributed by atoms with van der Waals surface area (Å²) < 4.78 is 0. The van der Waals surface area contributed by atoms with Crippen LogP contribution < -0.4 is 5.32 Å². The zero-order valence-electron chi connectivity index (χ0n) is 11.8. The van der Waals surface area contributed by atoms with Gasteiger partial charge in [-0.25, -0.2) is 0 Å². The van der Waals surface area contributed by atoms with E-state index in [1.165, 1.54) is 5.56 Å². The van der Waals surface area contributed by atoms with Crippen molar-refractivity contribution in [3.8, 4) is 0 Å². The third kappa shape index (κ3) is 3.08. The molecule has 0 unspecified atom stereocenters. The van der Waals surface area contributed by atoms with Crippen LogP contribution in [0.4, 0.5) is 0 Å². The fourth-order valence-electron chi connectivity index (χ4n) is 2.30. The maximum atomic E-state index is 12.2. The zero-order chi connectivity index (χ0) is 14.7. The number of pyridine rings is 1. The van der Waals surface area contributed by atoms with Crippen molar-refractivity contribution in [2.45, 2.75) is 13.5 Å². The summed E-state index contributed by atoms with van der Waals surface area (Å²) in [5.41, 5.74) is 3.76. The number of benzene rings is 2. The lowest BCUT2D eigenvalue weighted by molar-refractivity contribution is 0.0950. The fourth-order valence-corrected chi connectivity index (χ4v) is 2.30. The first-order valence-corrected chi connectivity index (χ1v) is 6.91. The average Bonchev–Trinajstić information content (AvgIpc) is 2.52. The Morgan fingerprint density at radius 1 is 1.10 bits per heavy atom. The number of rotatable bonds is 3. The van der Waals surface area contributed by atoms with Crippen LogP contribution in [0.1, 0.15) is 21.5 Å². The Labute approximate surface area is 123 Å². The lowest BCUT2D eigenvalue weighted by atomic mass is 10.1. The highest BCUT2D eigenvalue weighted by molar-refractivity contribution is 5.97. The van der Waals surface area contributed by atoms with E-state index in [-0.39, 0.29) is 5.91 Å². The molecule has 3 rings (SSSR count). The molecule has 0 fully saturated rings. The first-order valence-electron chi connectivity index (χ1n) is 6.91. The second-order valence-electron chi connectivity index (χ2n) is 5.09. The van der Waals surface area contributed by atoms with Crippen molar-refractivity contribution in [3.63, 3.8) is 0 Å². The van der Waals surface area contributed by atoms with Gasteiger partial charge in [-0.3, -0.25) is 9.78 Å². The number of para-hydroxylation sites is 1. The highest BCUT2D eigenvalue weighted by Gasteiger charge is 2.07. The Hall–Kier alpha value is -2.68. The summed E-state index contributed by atoms with van der Waals surface area (Å²) in [4.78, 5) is 16.5. The number of carbonyl (C=O) groups excluding carboxylic acids is 1. The molecule has 0 spiro atoms. The van der Waals surface area contributed by atoms with Crippen LogP contribution >= 0.6 is 0 Å². The summed E-state index contributed by atoms with van der Waals surface area (Å²) in [5.74, 6) is -0.102. The van der Waals surface area contributed by atoms with Crippen molar-refractivity contribution in [2.24, 2.45) is 0 Å². The molecule has 0 aliphatic carbocycles. The number of aromatic nitrogens is 1. The highest BCUT2D eigenvalue weighted by atomic mass is 16.1. The summed E-state index contributed by atoms with van der Waals surface area (Å²) in [6, 6.07) is 17.8. The maximum absolute atomic E-state index is 12.2. The number of nitrogens with zero attached hydrogens (tertiary/aromatic N) is 1. The van der Waals surface area contributed by atoms with Gasteiger partial charge >= 0.3 is 0 Å². The third-order valence-electron chi connectivity index (χ3n) is 3.39. The number of carbonyl (C=O) groups is 1. The normalized spacial score (nSPS) is 10.5. The van der Waals surface area contributed by atoms with Crippen molar-refractivity contribution in [3.05, 3.63) is 77.5 Å². The number of hydrogen-bond donors (Lipinski definition) is 1. The minimum absolute atomic E-state index is 0.102. The predicted molar refractivity (Wildman–Crippen MR) is 84.1 cm³/mol. The van der Waals surface area contributed by atoms with Gasteiger partial charge in [0.1, 0.15) is 0 Å². The molecule has 1 amide bonds. The van der Waals surface area contributed by atoms with Gasteiger partial charge in [-0.15, -0.1) is 0 Å². The highest BCUT2D eigenvalue weighted by Crippen LogP contribution is 2.12. The second kappa shape index (κ2) is 5.75. The quantitative estimate of drug-likeness (QED) is 0.796. The van der Waals surface area contributed by atoms with E-state index in [1.54, 1.807) is 6.20 Å². The van der Waals surface area contributed by atoms with E-state index in [2.05, 4.69) is 16.4 Å². The molecule has 1 aromatic heterocycles. The van der Waals surface area contributed by atoms with Gasteiger partial charge in [-0.05, 0) is 24.6 Å². The predicted octanol–water partition coefficient (Wildman–Crippen LogP) is 3.47. The molecule has 104 valence electrons. The van der Waals surface area contributed by atoms with Crippen LogP contribution in [0.5, 0.6) is 0 Å². The molecule has 0 aliphatic heterocycles. The number of amides is 1. The van der Waals surface area contributed by atoms with Crippen LogP contribution in [0.25, 0.3) is 10.9 Å². The Kier molecular flexibility index (Phi) is 3.65. The van der Waals surface area contributed by atoms with E-state index >= 15 is 0 Å². The molecule has 0 saturated heterocycles. The average molecular weight is 276 g/mol. The van der Waals surface area contributed by atoms with Gasteiger partial charge in [-0.2, -0.15) is 0 Å². The fraction of sp³-hybridized carbons (Fsp3) is 0.111. The van der Waals surface area contributed by atoms with E-state index < -0.39 is 0 Å². The minimum Gasteiger partial charge on any atom is -0.348 e. The Balaban J connectivity index is 1.74. The molecule has 0 radical (unpaired) electrons. The Bertz CT molecular complexity index is 796. The van der Waals surface area contributed by atoms with Crippen LogP contribution in [0.15, 0.2) is 60.8 Å². The first-order chi connectivity index (χ1) is 10.2. The van der Waals surface area contributed by atoms with Gasteiger partial charge in [0.05, 0.1) is 11.1 Å². The molecule has 3 aromatic rings. The molecule has 0 atom stereocenters. The lowest BCUT2D eigenvalue weighted by Gasteiger charge is -2.07. The molecule has 3 nitrogen and oxygen atoms in total. The van der Waals surface area contributed by atoms with E-state index in [9.17, 15) is 4.79 Å². The lowest BCUT2D eigenvalue weighted by Crippen LogP contribution is -2.22. The molecule has 0 bridgehead atoms. The topological polar surface area (TPSA) is 42.0 Å². The minimum atomic E-state index is -0.102. The standard InChI is InChI=1S/C18H16N2O/c1-13-5-4-6-14(9-13)11-20-18(21)16-10-15-7-2-3-8-17(15)19-12-16/h2-10,12H,11H2,1H3,(H,20,21). The maximum Gasteiger partial charge on any atom is 0.253 e. The van der Waals surface area contributed by atoms with Gasteiger partial charge in [0.2, 0.25) is 0 Å². The van der Waals surface area contributed by atoms with Crippen molar-refractivity contribution >= 4 is 16.8 Å². The van der Waals surface area contributed by atoms with Gasteiger partial charge in [-0.1, -0.05) is 48.0 Å². The van der Waals surface area contributed by atoms with Crippen LogP contribution in [0.2, 0.25) is 0 Å². The van der Waals surface area contributed by atoms with E-state index in [4.69, 9.17) is 0 Å². The SMILES string of the molecule is Cc1cccc(CNC(=O)c2cnc3ccccc3c2)c1. The monoisotopic (exact) mass is 276 g/mol. The summed E-state index contributed by atoms with van der Waals surface area (Å²) >= 11 is 0. The molecule has 3 heteroatoms. The first kappa shape index (κ1) is 13.3. The molecular formula is C18H16N2O. The number of fused-ring (bicyclic) bond motifs is 1. The van der Waals surface area contributed by atoms with E-state index in [1.807, 2.05) is 55.5 Å². The smallest absolute Gasteiger partial charge is 0.253 e. The van der Waals surface area contributed by atoms with Crippen LogP contribution in [0, 0.1) is 6.92 Å². The number of aryl methyl sites for hydroxylation is 1. The molecule has 2 aromatic carbocycles. The summed E-state index contributed by atoms with van der Waals surface area (Å²) in [6.07, 6.45) is 1.62. The van der Waals surface area contributed by atoms with Crippen molar-refractivity contribution in [1.82, 2.24) is 10.3 Å². The van der Waals surface area contributed by atoms with E-state index in [0.717, 1.165) is 16.5 Å². The molecular weight excluding hydrogens is 260 g/mol. The molecule has 0 saturated carbocycles. The Morgan fingerprint density at radius 3 is 2.81 bits per heavy atom. The van der Waals surface area contributed by atoms with Gasteiger partial charge in [0.15, 0.2) is 0 Å². The van der Waals surface area contributed by atoms with Crippen molar-refractivity contribution in [2.75, 3.05) is 0 Å².